The Hall–Kier alpha value is -2.34. The summed E-state index contributed by atoms with van der Waals surface area (Å²) in [6.45, 7) is 5.89. The van der Waals surface area contributed by atoms with Crippen LogP contribution in [0.1, 0.15) is 31.1 Å². The van der Waals surface area contributed by atoms with Gasteiger partial charge in [0.05, 0.1) is 6.54 Å². The van der Waals surface area contributed by atoms with E-state index in [4.69, 9.17) is 0 Å². The fraction of sp³-hybridized carbons (Fsp3) is 0.263. The molecule has 0 heterocycles. The molecule has 0 aliphatic rings. The molecule has 0 saturated carbocycles. The van der Waals surface area contributed by atoms with Crippen LogP contribution in [0.3, 0.4) is 0 Å². The number of hydrogen-bond donors (Lipinski definition) is 3. The predicted octanol–water partition coefficient (Wildman–Crippen LogP) is 4.03. The smallest absolute Gasteiger partial charge is 0.251 e. The zero-order valence-electron chi connectivity index (χ0n) is 14.5. The Morgan fingerprint density at radius 3 is 2.44 bits per heavy atom. The van der Waals surface area contributed by atoms with Crippen molar-refractivity contribution in [1.29, 1.82) is 0 Å². The highest BCUT2D eigenvalue weighted by Gasteiger charge is 2.15. The fourth-order valence-electron chi connectivity index (χ4n) is 2.14. The summed E-state index contributed by atoms with van der Waals surface area (Å²) in [5.74, 6) is -0.362. The molecule has 0 fully saturated rings. The maximum absolute atomic E-state index is 12.2. The molecule has 0 bridgehead atoms. The second kappa shape index (κ2) is 8.16. The number of rotatable bonds is 5. The van der Waals surface area contributed by atoms with Crippen molar-refractivity contribution < 1.29 is 9.59 Å². The van der Waals surface area contributed by atoms with Gasteiger partial charge in [0.25, 0.3) is 5.91 Å². The van der Waals surface area contributed by atoms with Gasteiger partial charge in [-0.3, -0.25) is 9.59 Å². The molecule has 0 radical (unpaired) electrons. The molecule has 0 spiro atoms. The van der Waals surface area contributed by atoms with Crippen LogP contribution in [0.2, 0.25) is 0 Å². The van der Waals surface area contributed by atoms with E-state index in [2.05, 4.69) is 31.9 Å². The number of hydrogen-bond acceptors (Lipinski definition) is 3. The summed E-state index contributed by atoms with van der Waals surface area (Å²) in [5, 5.41) is 8.76. The van der Waals surface area contributed by atoms with E-state index in [-0.39, 0.29) is 23.9 Å². The molecule has 2 aromatic carbocycles. The van der Waals surface area contributed by atoms with Crippen molar-refractivity contribution in [2.45, 2.75) is 26.3 Å². The minimum absolute atomic E-state index is 0.126. The van der Waals surface area contributed by atoms with Crippen molar-refractivity contribution >= 4 is 39.1 Å². The Morgan fingerprint density at radius 1 is 1.04 bits per heavy atom. The van der Waals surface area contributed by atoms with Crippen LogP contribution in [0.25, 0.3) is 0 Å². The second-order valence-electron chi connectivity index (χ2n) is 6.67. The van der Waals surface area contributed by atoms with Crippen LogP contribution >= 0.6 is 15.9 Å². The SMILES string of the molecule is CC(C)(C)NC(=O)c1cccc(NC(=O)CNc2ccccc2Br)c1. The molecule has 0 saturated heterocycles. The Labute approximate surface area is 156 Å². The van der Waals surface area contributed by atoms with E-state index in [0.717, 1.165) is 10.2 Å². The number of para-hydroxylation sites is 1. The Morgan fingerprint density at radius 2 is 1.76 bits per heavy atom. The van der Waals surface area contributed by atoms with Crippen molar-refractivity contribution in [2.24, 2.45) is 0 Å². The van der Waals surface area contributed by atoms with Crippen LogP contribution < -0.4 is 16.0 Å². The average Bonchev–Trinajstić information content (AvgIpc) is 2.53. The van der Waals surface area contributed by atoms with Gasteiger partial charge in [-0.25, -0.2) is 0 Å². The number of benzene rings is 2. The number of nitrogens with one attached hydrogen (secondary N) is 3. The third kappa shape index (κ3) is 6.23. The molecule has 6 heteroatoms. The van der Waals surface area contributed by atoms with E-state index < -0.39 is 0 Å². The number of halogens is 1. The predicted molar refractivity (Wildman–Crippen MR) is 105 cm³/mol. The van der Waals surface area contributed by atoms with Crippen LogP contribution in [0, 0.1) is 0 Å². The van der Waals surface area contributed by atoms with Crippen LogP contribution in [0.4, 0.5) is 11.4 Å². The molecule has 0 atom stereocenters. The number of carbonyl (C=O) groups excluding carboxylic acids is 2. The number of carbonyl (C=O) groups is 2. The van der Waals surface area contributed by atoms with Gasteiger partial charge in [-0.15, -0.1) is 0 Å². The van der Waals surface area contributed by atoms with Crippen molar-refractivity contribution in [3.8, 4) is 0 Å². The largest absolute Gasteiger partial charge is 0.375 e. The first kappa shape index (κ1) is 19.0. The first-order chi connectivity index (χ1) is 11.7. The first-order valence-corrected chi connectivity index (χ1v) is 8.75. The molecule has 25 heavy (non-hydrogen) atoms. The molecule has 0 aliphatic carbocycles. The summed E-state index contributed by atoms with van der Waals surface area (Å²) >= 11 is 3.42. The summed E-state index contributed by atoms with van der Waals surface area (Å²) in [6, 6.07) is 14.5. The van der Waals surface area contributed by atoms with E-state index in [1.54, 1.807) is 24.3 Å². The molecule has 2 rings (SSSR count). The lowest BCUT2D eigenvalue weighted by Crippen LogP contribution is -2.40. The summed E-state index contributed by atoms with van der Waals surface area (Å²) in [6.07, 6.45) is 0. The van der Waals surface area contributed by atoms with Gasteiger partial charge < -0.3 is 16.0 Å². The molecule has 2 amide bonds. The normalized spacial score (nSPS) is 10.9. The highest BCUT2D eigenvalue weighted by Crippen LogP contribution is 2.20. The molecule has 0 unspecified atom stereocenters. The third-order valence-electron chi connectivity index (χ3n) is 3.21. The fourth-order valence-corrected chi connectivity index (χ4v) is 2.56. The van der Waals surface area contributed by atoms with Gasteiger partial charge in [0.2, 0.25) is 5.91 Å². The van der Waals surface area contributed by atoms with Crippen LogP contribution in [-0.4, -0.2) is 23.9 Å². The van der Waals surface area contributed by atoms with Crippen LogP contribution in [0.5, 0.6) is 0 Å². The summed E-state index contributed by atoms with van der Waals surface area (Å²) < 4.78 is 0.892. The standard InChI is InChI=1S/C19H22BrN3O2/c1-19(2,3)23-18(25)13-7-6-8-14(11-13)22-17(24)12-21-16-10-5-4-9-15(16)20/h4-11,21H,12H2,1-3H3,(H,22,24)(H,23,25). The monoisotopic (exact) mass is 403 g/mol. The van der Waals surface area contributed by atoms with Crippen LogP contribution in [-0.2, 0) is 4.79 Å². The molecular formula is C19H22BrN3O2. The molecule has 132 valence electrons. The minimum atomic E-state index is -0.316. The molecule has 2 aromatic rings. The van der Waals surface area contributed by atoms with E-state index in [1.807, 2.05) is 45.0 Å². The second-order valence-corrected chi connectivity index (χ2v) is 7.52. The molecular weight excluding hydrogens is 382 g/mol. The summed E-state index contributed by atoms with van der Waals surface area (Å²) in [5.41, 5.74) is 1.62. The van der Waals surface area contributed by atoms with Crippen LogP contribution in [0.15, 0.2) is 53.0 Å². The minimum Gasteiger partial charge on any atom is -0.375 e. The third-order valence-corrected chi connectivity index (χ3v) is 3.90. The highest BCUT2D eigenvalue weighted by atomic mass is 79.9. The molecule has 0 aliphatic heterocycles. The summed E-state index contributed by atoms with van der Waals surface area (Å²) in [7, 11) is 0. The van der Waals surface area contributed by atoms with Gasteiger partial charge in [0.15, 0.2) is 0 Å². The number of amides is 2. The first-order valence-electron chi connectivity index (χ1n) is 7.95. The lowest BCUT2D eigenvalue weighted by molar-refractivity contribution is -0.114. The maximum atomic E-state index is 12.2. The maximum Gasteiger partial charge on any atom is 0.251 e. The summed E-state index contributed by atoms with van der Waals surface area (Å²) in [4.78, 5) is 24.3. The van der Waals surface area contributed by atoms with Gasteiger partial charge in [-0.05, 0) is 67.0 Å². The van der Waals surface area contributed by atoms with Crippen molar-refractivity contribution in [3.05, 3.63) is 58.6 Å². The van der Waals surface area contributed by atoms with Crippen molar-refractivity contribution in [2.75, 3.05) is 17.2 Å². The van der Waals surface area contributed by atoms with Gasteiger partial charge in [0.1, 0.15) is 0 Å². The lowest BCUT2D eigenvalue weighted by Gasteiger charge is -2.20. The van der Waals surface area contributed by atoms with Crippen molar-refractivity contribution in [3.63, 3.8) is 0 Å². The molecule has 0 aromatic heterocycles. The van der Waals surface area contributed by atoms with E-state index in [1.165, 1.54) is 0 Å². The molecule has 3 N–H and O–H groups in total. The lowest BCUT2D eigenvalue weighted by atomic mass is 10.1. The Balaban J connectivity index is 1.96. The Bertz CT molecular complexity index is 769. The molecule has 5 nitrogen and oxygen atoms in total. The van der Waals surface area contributed by atoms with Gasteiger partial charge in [-0.1, -0.05) is 18.2 Å². The quantitative estimate of drug-likeness (QED) is 0.705. The topological polar surface area (TPSA) is 70.2 Å². The highest BCUT2D eigenvalue weighted by molar-refractivity contribution is 9.10. The van der Waals surface area contributed by atoms with E-state index in [0.29, 0.717) is 11.3 Å². The average molecular weight is 404 g/mol. The van der Waals surface area contributed by atoms with Gasteiger partial charge in [0, 0.05) is 26.9 Å². The zero-order valence-corrected chi connectivity index (χ0v) is 16.1. The van der Waals surface area contributed by atoms with E-state index >= 15 is 0 Å². The van der Waals surface area contributed by atoms with E-state index in [9.17, 15) is 9.59 Å². The zero-order chi connectivity index (χ0) is 18.4. The Kier molecular flexibility index (Phi) is 6.20. The number of anilines is 2. The van der Waals surface area contributed by atoms with Gasteiger partial charge >= 0.3 is 0 Å². The van der Waals surface area contributed by atoms with Gasteiger partial charge in [-0.2, -0.15) is 0 Å². The van der Waals surface area contributed by atoms with Crippen molar-refractivity contribution in [1.82, 2.24) is 5.32 Å².